The van der Waals surface area contributed by atoms with E-state index in [2.05, 4.69) is 25.1 Å². The predicted molar refractivity (Wildman–Crippen MR) is 154 cm³/mol. The van der Waals surface area contributed by atoms with Crippen LogP contribution in [0.3, 0.4) is 0 Å². The monoisotopic (exact) mass is 635 g/mol. The number of halogens is 5. The second kappa shape index (κ2) is 12.1. The fourth-order valence-corrected chi connectivity index (χ4v) is 6.83. The highest BCUT2D eigenvalue weighted by Gasteiger charge is 2.44. The minimum absolute atomic E-state index is 0.0367. The molecule has 2 aromatic heterocycles. The molecule has 1 amide bonds. The normalized spacial score (nSPS) is 23.9. The van der Waals surface area contributed by atoms with Crippen molar-refractivity contribution in [3.63, 3.8) is 0 Å². The van der Waals surface area contributed by atoms with Crippen LogP contribution in [-0.2, 0) is 17.4 Å². The summed E-state index contributed by atoms with van der Waals surface area (Å²) in [5.41, 5.74) is 0.197. The van der Waals surface area contributed by atoms with E-state index in [-0.39, 0.29) is 24.4 Å². The lowest BCUT2D eigenvalue weighted by Crippen LogP contribution is -2.44. The van der Waals surface area contributed by atoms with Gasteiger partial charge in [0.25, 0.3) is 0 Å². The maximum Gasteiger partial charge on any atom is 0.451 e. The minimum Gasteiger partial charge on any atom is -0.493 e. The van der Waals surface area contributed by atoms with Crippen molar-refractivity contribution < 1.29 is 27.1 Å². The Kier molecular flexibility index (Phi) is 8.42. The van der Waals surface area contributed by atoms with Gasteiger partial charge < -0.3 is 19.1 Å². The minimum atomic E-state index is -4.65. The van der Waals surface area contributed by atoms with E-state index in [1.165, 1.54) is 23.5 Å². The first-order chi connectivity index (χ1) is 21.0. The molecule has 4 atom stereocenters. The van der Waals surface area contributed by atoms with E-state index in [1.807, 2.05) is 0 Å². The van der Waals surface area contributed by atoms with Gasteiger partial charge in [0, 0.05) is 25.7 Å². The number of piperidine rings is 1. The van der Waals surface area contributed by atoms with Crippen molar-refractivity contribution in [3.8, 4) is 5.75 Å². The molecule has 1 aromatic carbocycles. The zero-order chi connectivity index (χ0) is 31.2. The van der Waals surface area contributed by atoms with Crippen molar-refractivity contribution in [2.24, 2.45) is 17.8 Å². The molecule has 3 aromatic rings. The standard InChI is InChI=1S/C30H34ClF4N7O2/c1-17-16-41(18(2)27-38-39-28(42(17)27)30(33,34)35)26(43)12-21-3-4-23(13-25(21)32)44-10-7-20-11-24(20)19-5-8-40(9-6-19)29-36-14-22(31)15-37-29/h3-4,13-15,17-20,24H,5-12,16H2,1-2H3. The van der Waals surface area contributed by atoms with E-state index in [4.69, 9.17) is 16.3 Å². The van der Waals surface area contributed by atoms with Gasteiger partial charge in [-0.3, -0.25) is 4.79 Å². The molecule has 0 bridgehead atoms. The Morgan fingerprint density at radius 1 is 1.11 bits per heavy atom. The van der Waals surface area contributed by atoms with Crippen LogP contribution in [0.1, 0.15) is 68.8 Å². The van der Waals surface area contributed by atoms with Gasteiger partial charge in [0.15, 0.2) is 5.82 Å². The lowest BCUT2D eigenvalue weighted by molar-refractivity contribution is -0.149. The zero-order valence-electron chi connectivity index (χ0n) is 24.5. The van der Waals surface area contributed by atoms with Crippen LogP contribution in [0.2, 0.25) is 5.02 Å². The molecule has 9 nitrogen and oxygen atoms in total. The quantitative estimate of drug-likeness (QED) is 0.285. The number of rotatable bonds is 8. The first kappa shape index (κ1) is 30.5. The van der Waals surface area contributed by atoms with E-state index < -0.39 is 35.8 Å². The second-order valence-corrected chi connectivity index (χ2v) is 12.5. The number of hydrogen-bond donors (Lipinski definition) is 0. The number of carbonyl (C=O) groups excluding carboxylic acids is 1. The van der Waals surface area contributed by atoms with Gasteiger partial charge in [-0.2, -0.15) is 13.2 Å². The Morgan fingerprint density at radius 3 is 2.52 bits per heavy atom. The van der Waals surface area contributed by atoms with Crippen LogP contribution in [0.25, 0.3) is 0 Å². The molecule has 1 saturated carbocycles. The van der Waals surface area contributed by atoms with Crippen LogP contribution >= 0.6 is 11.6 Å². The number of carbonyl (C=O) groups is 1. The molecule has 0 N–H and O–H groups in total. The third-order valence-corrected chi connectivity index (χ3v) is 9.37. The molecule has 0 spiro atoms. The molecule has 4 heterocycles. The van der Waals surface area contributed by atoms with Crippen LogP contribution in [0, 0.1) is 23.6 Å². The number of benzene rings is 1. The number of ether oxygens (including phenoxy) is 1. The first-order valence-corrected chi connectivity index (χ1v) is 15.3. The Labute approximate surface area is 257 Å². The van der Waals surface area contributed by atoms with Crippen molar-refractivity contribution in [1.82, 2.24) is 29.6 Å². The van der Waals surface area contributed by atoms with Crippen LogP contribution in [0.5, 0.6) is 5.75 Å². The van der Waals surface area contributed by atoms with Gasteiger partial charge >= 0.3 is 6.18 Å². The molecule has 3 aliphatic rings. The molecule has 1 aliphatic carbocycles. The number of nitrogens with zero attached hydrogens (tertiary/aromatic N) is 7. The molecule has 44 heavy (non-hydrogen) atoms. The summed E-state index contributed by atoms with van der Waals surface area (Å²) < 4.78 is 61.9. The summed E-state index contributed by atoms with van der Waals surface area (Å²) in [6.45, 7) is 5.55. The fourth-order valence-electron chi connectivity index (χ4n) is 6.73. The molecule has 1 saturated heterocycles. The lowest BCUT2D eigenvalue weighted by atomic mass is 9.90. The van der Waals surface area contributed by atoms with Gasteiger partial charge in [0.2, 0.25) is 17.7 Å². The maximum absolute atomic E-state index is 15.0. The van der Waals surface area contributed by atoms with Gasteiger partial charge in [-0.1, -0.05) is 17.7 Å². The summed E-state index contributed by atoms with van der Waals surface area (Å²) >= 11 is 5.90. The van der Waals surface area contributed by atoms with E-state index in [9.17, 15) is 22.4 Å². The van der Waals surface area contributed by atoms with Crippen LogP contribution in [0.15, 0.2) is 30.6 Å². The van der Waals surface area contributed by atoms with Crippen molar-refractivity contribution in [2.45, 2.75) is 64.2 Å². The molecule has 236 valence electrons. The summed E-state index contributed by atoms with van der Waals surface area (Å²) in [6.07, 6.45) is 2.66. The molecule has 2 aliphatic heterocycles. The second-order valence-electron chi connectivity index (χ2n) is 12.1. The average molecular weight is 636 g/mol. The van der Waals surface area contributed by atoms with Crippen LogP contribution in [-0.4, -0.2) is 61.8 Å². The third-order valence-electron chi connectivity index (χ3n) is 9.17. The number of hydrogen-bond acceptors (Lipinski definition) is 7. The van der Waals surface area contributed by atoms with Gasteiger partial charge in [-0.25, -0.2) is 14.4 Å². The summed E-state index contributed by atoms with van der Waals surface area (Å²) in [6, 6.07) is 3.06. The smallest absolute Gasteiger partial charge is 0.451 e. The van der Waals surface area contributed by atoms with E-state index in [0.29, 0.717) is 35.1 Å². The van der Waals surface area contributed by atoms with Crippen LogP contribution in [0.4, 0.5) is 23.5 Å². The highest BCUT2D eigenvalue weighted by molar-refractivity contribution is 6.30. The van der Waals surface area contributed by atoms with E-state index >= 15 is 0 Å². The van der Waals surface area contributed by atoms with Crippen LogP contribution < -0.4 is 9.64 Å². The Bertz CT molecular complexity index is 1490. The van der Waals surface area contributed by atoms with E-state index in [1.54, 1.807) is 32.3 Å². The third kappa shape index (κ3) is 6.33. The fraction of sp³-hybridized carbons (Fsp3) is 0.567. The van der Waals surface area contributed by atoms with Gasteiger partial charge in [-0.05, 0) is 68.9 Å². The molecular weight excluding hydrogens is 602 g/mol. The number of alkyl halides is 3. The van der Waals surface area contributed by atoms with Crippen molar-refractivity contribution in [2.75, 3.05) is 31.1 Å². The highest BCUT2D eigenvalue weighted by atomic mass is 35.5. The summed E-state index contributed by atoms with van der Waals surface area (Å²) in [5, 5.41) is 7.56. The van der Waals surface area contributed by atoms with Crippen molar-refractivity contribution >= 4 is 23.5 Å². The molecule has 2 fully saturated rings. The highest BCUT2D eigenvalue weighted by Crippen LogP contribution is 2.50. The Morgan fingerprint density at radius 2 is 1.84 bits per heavy atom. The Balaban J connectivity index is 0.961. The van der Waals surface area contributed by atoms with Gasteiger partial charge in [0.1, 0.15) is 11.6 Å². The number of aromatic nitrogens is 5. The van der Waals surface area contributed by atoms with Gasteiger partial charge in [0.05, 0.1) is 42.5 Å². The summed E-state index contributed by atoms with van der Waals surface area (Å²) in [7, 11) is 0. The summed E-state index contributed by atoms with van der Waals surface area (Å²) in [4.78, 5) is 25.4. The number of anilines is 1. The first-order valence-electron chi connectivity index (χ1n) is 14.9. The zero-order valence-corrected chi connectivity index (χ0v) is 25.2. The number of amides is 1. The van der Waals surface area contributed by atoms with Crippen molar-refractivity contribution in [3.05, 3.63) is 58.6 Å². The average Bonchev–Trinajstić information content (AvgIpc) is 3.60. The Hall–Kier alpha value is -3.48. The number of fused-ring (bicyclic) bond motifs is 1. The predicted octanol–water partition coefficient (Wildman–Crippen LogP) is 5.91. The van der Waals surface area contributed by atoms with Gasteiger partial charge in [-0.15, -0.1) is 10.2 Å². The summed E-state index contributed by atoms with van der Waals surface area (Å²) in [5.74, 6) is 1.11. The lowest BCUT2D eigenvalue weighted by Gasteiger charge is -2.37. The largest absolute Gasteiger partial charge is 0.493 e. The maximum atomic E-state index is 15.0. The van der Waals surface area contributed by atoms with Crippen molar-refractivity contribution in [1.29, 1.82) is 0 Å². The molecule has 0 radical (unpaired) electrons. The van der Waals surface area contributed by atoms with E-state index in [0.717, 1.165) is 42.9 Å². The molecule has 6 rings (SSSR count). The molecule has 4 unspecified atom stereocenters. The SMILES string of the molecule is CC1c2nnc(C(F)(F)F)n2C(C)CN1C(=O)Cc1ccc(OCCC2CC2C2CCN(c3ncc(Cl)cn3)CC2)cc1F. The molecular formula is C30H34ClF4N7O2. The topological polar surface area (TPSA) is 89.3 Å². The molecule has 14 heteroatoms.